The Kier molecular flexibility index (Phi) is 6.35. The van der Waals surface area contributed by atoms with E-state index in [1.807, 2.05) is 51.1 Å². The van der Waals surface area contributed by atoms with Gasteiger partial charge in [0, 0.05) is 12.5 Å². The van der Waals surface area contributed by atoms with Crippen LogP contribution in [0.1, 0.15) is 20.8 Å². The number of para-hydroxylation sites is 1. The summed E-state index contributed by atoms with van der Waals surface area (Å²) in [5.74, 6) is 1.04. The van der Waals surface area contributed by atoms with Crippen LogP contribution < -0.4 is 15.2 Å². The molecule has 30 heavy (non-hydrogen) atoms. The molecule has 162 valence electrons. The highest BCUT2D eigenvalue weighted by Gasteiger charge is 2.48. The van der Waals surface area contributed by atoms with Crippen molar-refractivity contribution in [2.24, 2.45) is 17.1 Å². The summed E-state index contributed by atoms with van der Waals surface area (Å²) in [5.41, 5.74) is 5.20. The third-order valence-corrected chi connectivity index (χ3v) is 7.34. The molecule has 3 rings (SSSR count). The second kappa shape index (κ2) is 8.49. The fourth-order valence-electron chi connectivity index (χ4n) is 3.57. The van der Waals surface area contributed by atoms with Crippen molar-refractivity contribution in [3.63, 3.8) is 0 Å². The van der Waals surface area contributed by atoms with Crippen molar-refractivity contribution in [2.45, 2.75) is 37.1 Å². The number of benzene rings is 2. The lowest BCUT2D eigenvalue weighted by atomic mass is 9.78. The molecular weight excluding hydrogens is 422 g/mol. The molecule has 1 saturated heterocycles. The molecule has 2 aromatic carbocycles. The topological polar surface area (TPSA) is 102 Å². The van der Waals surface area contributed by atoms with Crippen molar-refractivity contribution in [1.82, 2.24) is 9.62 Å². The quantitative estimate of drug-likeness (QED) is 0.609. The van der Waals surface area contributed by atoms with Crippen molar-refractivity contribution in [3.05, 3.63) is 54.6 Å². The summed E-state index contributed by atoms with van der Waals surface area (Å²) in [6, 6.07) is 14.2. The fraction of sp³-hybridized carbons (Fsp3) is 0.381. The monoisotopic (exact) mass is 449 g/mol. The average Bonchev–Trinajstić information content (AvgIpc) is 2.99. The van der Waals surface area contributed by atoms with E-state index < -0.39 is 27.5 Å². The van der Waals surface area contributed by atoms with Gasteiger partial charge >= 0.3 is 6.03 Å². The first-order valence-electron chi connectivity index (χ1n) is 9.58. The number of hydrogen-bond acceptors (Lipinski definition) is 5. The van der Waals surface area contributed by atoms with Crippen molar-refractivity contribution in [2.75, 3.05) is 6.54 Å². The minimum absolute atomic E-state index is 0.105. The van der Waals surface area contributed by atoms with Gasteiger partial charge in [-0.25, -0.2) is 17.9 Å². The van der Waals surface area contributed by atoms with Crippen LogP contribution in [-0.4, -0.2) is 37.3 Å². The molecule has 9 heteroatoms. The van der Waals surface area contributed by atoms with Crippen LogP contribution in [0.5, 0.6) is 11.5 Å². The van der Waals surface area contributed by atoms with Crippen LogP contribution in [0.25, 0.3) is 0 Å². The van der Waals surface area contributed by atoms with Gasteiger partial charge in [0.2, 0.25) is 10.0 Å². The Morgan fingerprint density at radius 3 is 2.20 bits per heavy atom. The number of likely N-dealkylation sites (tertiary alicyclic amines) is 1. The molecule has 0 bridgehead atoms. The van der Waals surface area contributed by atoms with Gasteiger partial charge in [-0.15, -0.1) is 0 Å². The lowest BCUT2D eigenvalue weighted by Crippen LogP contribution is -2.48. The molecule has 3 N–H and O–H groups in total. The number of primary amides is 1. The summed E-state index contributed by atoms with van der Waals surface area (Å²) in [6.45, 7) is 6.34. The maximum atomic E-state index is 13.0. The van der Waals surface area contributed by atoms with E-state index in [0.717, 1.165) is 0 Å². The SMILES string of the molecule is CC(C)(C)C1CN(C(N)=O)C(S)C1NS(=O)(=O)c1ccc(Oc2ccccc2)cc1. The van der Waals surface area contributed by atoms with E-state index >= 15 is 0 Å². The molecule has 7 nitrogen and oxygen atoms in total. The number of sulfonamides is 1. The van der Waals surface area contributed by atoms with E-state index in [9.17, 15) is 13.2 Å². The molecule has 1 aliphatic rings. The Bertz CT molecular complexity index is 989. The standard InChI is InChI=1S/C21H27N3O4S2/c1-21(2,3)17-13-24(20(22)25)19(29)18(17)23-30(26,27)16-11-9-15(10-12-16)28-14-7-5-4-6-8-14/h4-12,17-19,23,29H,13H2,1-3H3,(H2,22,25). The minimum Gasteiger partial charge on any atom is -0.457 e. The molecule has 0 saturated carbocycles. The number of hydrogen-bond donors (Lipinski definition) is 3. The molecule has 1 heterocycles. The van der Waals surface area contributed by atoms with E-state index in [1.165, 1.54) is 17.0 Å². The molecule has 0 radical (unpaired) electrons. The highest BCUT2D eigenvalue weighted by Crippen LogP contribution is 2.39. The summed E-state index contributed by atoms with van der Waals surface area (Å²) in [4.78, 5) is 13.3. The van der Waals surface area contributed by atoms with E-state index in [-0.39, 0.29) is 16.2 Å². The average molecular weight is 450 g/mol. The van der Waals surface area contributed by atoms with Crippen molar-refractivity contribution in [3.8, 4) is 11.5 Å². The molecule has 1 aliphatic heterocycles. The number of thiol groups is 1. The van der Waals surface area contributed by atoms with Gasteiger partial charge in [-0.3, -0.25) is 0 Å². The van der Waals surface area contributed by atoms with Gasteiger partial charge in [0.15, 0.2) is 0 Å². The van der Waals surface area contributed by atoms with E-state index in [1.54, 1.807) is 12.1 Å². The zero-order valence-electron chi connectivity index (χ0n) is 17.1. The van der Waals surface area contributed by atoms with Gasteiger partial charge in [0.1, 0.15) is 11.5 Å². The number of amides is 2. The minimum atomic E-state index is -3.84. The largest absolute Gasteiger partial charge is 0.457 e. The number of nitrogens with one attached hydrogen (secondary N) is 1. The molecule has 2 amide bonds. The maximum Gasteiger partial charge on any atom is 0.315 e. The van der Waals surface area contributed by atoms with Crippen molar-refractivity contribution >= 4 is 28.7 Å². The smallest absolute Gasteiger partial charge is 0.315 e. The van der Waals surface area contributed by atoms with E-state index in [2.05, 4.69) is 17.4 Å². The number of carbonyl (C=O) groups is 1. The lowest BCUT2D eigenvalue weighted by molar-refractivity contribution is 0.201. The summed E-state index contributed by atoms with van der Waals surface area (Å²) in [5, 5.41) is -0.651. The Balaban J connectivity index is 1.80. The molecule has 2 aromatic rings. The van der Waals surface area contributed by atoms with Gasteiger partial charge in [-0.1, -0.05) is 39.0 Å². The Hall–Kier alpha value is -2.23. The summed E-state index contributed by atoms with van der Waals surface area (Å²) in [6.07, 6.45) is 0. The number of nitrogens with zero attached hydrogens (tertiary/aromatic N) is 1. The molecule has 3 unspecified atom stereocenters. The van der Waals surface area contributed by atoms with Crippen LogP contribution in [0.4, 0.5) is 4.79 Å². The number of ether oxygens (including phenoxy) is 1. The Morgan fingerprint density at radius 1 is 1.10 bits per heavy atom. The molecule has 0 aliphatic carbocycles. The van der Waals surface area contributed by atoms with Gasteiger partial charge in [-0.2, -0.15) is 12.6 Å². The first kappa shape index (κ1) is 22.5. The number of carbonyl (C=O) groups excluding carboxylic acids is 1. The van der Waals surface area contributed by atoms with E-state index in [4.69, 9.17) is 10.5 Å². The highest BCUT2D eigenvalue weighted by molar-refractivity contribution is 7.89. The van der Waals surface area contributed by atoms with Crippen LogP contribution in [0.3, 0.4) is 0 Å². The van der Waals surface area contributed by atoms with Crippen LogP contribution in [0, 0.1) is 11.3 Å². The molecule has 0 aromatic heterocycles. The first-order valence-corrected chi connectivity index (χ1v) is 11.6. The predicted octanol–water partition coefficient (Wildman–Crippen LogP) is 3.44. The summed E-state index contributed by atoms with van der Waals surface area (Å²) >= 11 is 4.49. The molecule has 3 atom stereocenters. The Labute approximate surface area is 183 Å². The van der Waals surface area contributed by atoms with Crippen molar-refractivity contribution in [1.29, 1.82) is 0 Å². The number of urea groups is 1. The number of nitrogens with two attached hydrogens (primary N) is 1. The zero-order valence-corrected chi connectivity index (χ0v) is 18.9. The van der Waals surface area contributed by atoms with E-state index in [0.29, 0.717) is 18.0 Å². The van der Waals surface area contributed by atoms with Gasteiger partial charge < -0.3 is 15.4 Å². The third kappa shape index (κ3) is 4.91. The van der Waals surface area contributed by atoms with Gasteiger partial charge in [0.25, 0.3) is 0 Å². The molecule has 1 fully saturated rings. The number of rotatable bonds is 5. The highest BCUT2D eigenvalue weighted by atomic mass is 32.2. The van der Waals surface area contributed by atoms with Crippen molar-refractivity contribution < 1.29 is 17.9 Å². The maximum absolute atomic E-state index is 13.0. The van der Waals surface area contributed by atoms with Crippen LogP contribution >= 0.6 is 12.6 Å². The van der Waals surface area contributed by atoms with Gasteiger partial charge in [0.05, 0.1) is 16.3 Å². The van der Waals surface area contributed by atoms with Crippen LogP contribution in [0.15, 0.2) is 59.5 Å². The predicted molar refractivity (Wildman–Crippen MR) is 119 cm³/mol. The Morgan fingerprint density at radius 2 is 1.67 bits per heavy atom. The summed E-state index contributed by atoms with van der Waals surface area (Å²) < 4.78 is 34.5. The lowest BCUT2D eigenvalue weighted by Gasteiger charge is -2.32. The second-order valence-electron chi connectivity index (χ2n) is 8.41. The summed E-state index contributed by atoms with van der Waals surface area (Å²) in [7, 11) is -3.84. The van der Waals surface area contributed by atoms with Crippen LogP contribution in [0.2, 0.25) is 0 Å². The zero-order chi connectivity index (χ0) is 22.1. The second-order valence-corrected chi connectivity index (χ2v) is 10.7. The molecule has 0 spiro atoms. The first-order chi connectivity index (χ1) is 14.0. The third-order valence-electron chi connectivity index (χ3n) is 5.27. The van der Waals surface area contributed by atoms with Gasteiger partial charge in [-0.05, 0) is 41.8 Å². The fourth-order valence-corrected chi connectivity index (χ4v) is 5.44. The molecular formula is C21H27N3O4S2. The normalized spacial score (nSPS) is 22.1. The van der Waals surface area contributed by atoms with Crippen LogP contribution in [-0.2, 0) is 10.0 Å².